The summed E-state index contributed by atoms with van der Waals surface area (Å²) in [6.07, 6.45) is 4.48. The molecule has 0 bridgehead atoms. The fourth-order valence-corrected chi connectivity index (χ4v) is 5.61. The number of hydrogen-bond acceptors (Lipinski definition) is 9. The maximum Gasteiger partial charge on any atom is 0.255 e. The van der Waals surface area contributed by atoms with Gasteiger partial charge < -0.3 is 15.3 Å². The zero-order chi connectivity index (χ0) is 25.2. The average molecular weight is 522 g/mol. The number of piperidine rings is 1. The van der Waals surface area contributed by atoms with Crippen LogP contribution in [0.2, 0.25) is 0 Å². The second kappa shape index (κ2) is 13.7. The predicted octanol–water partition coefficient (Wildman–Crippen LogP) is 5.24. The molecule has 35 heavy (non-hydrogen) atoms. The molecule has 2 aromatic heterocycles. The summed E-state index contributed by atoms with van der Waals surface area (Å²) >= 11 is 2.92. The van der Waals surface area contributed by atoms with E-state index < -0.39 is 6.10 Å². The normalized spacial score (nSPS) is 15.8. The number of rotatable bonds is 12. The highest BCUT2D eigenvalue weighted by atomic mass is 32.2. The van der Waals surface area contributed by atoms with Crippen LogP contribution in [0.1, 0.15) is 64.6 Å². The van der Waals surface area contributed by atoms with Crippen LogP contribution in [-0.4, -0.2) is 58.2 Å². The number of anilines is 1. The van der Waals surface area contributed by atoms with Gasteiger partial charge in [0.15, 0.2) is 0 Å². The number of aliphatic imine (C=N–C) groups is 1. The fraction of sp³-hybridized carbons (Fsp3) is 0.500. The van der Waals surface area contributed by atoms with Crippen molar-refractivity contribution >= 4 is 47.2 Å². The molecule has 0 saturated carbocycles. The molecule has 1 aliphatic heterocycles. The van der Waals surface area contributed by atoms with Gasteiger partial charge in [0.25, 0.3) is 5.91 Å². The van der Waals surface area contributed by atoms with Crippen LogP contribution < -0.4 is 5.32 Å². The Hall–Kier alpha value is -2.34. The number of nitrogens with zero attached hydrogens (tertiary/aromatic N) is 4. The number of amides is 1. The van der Waals surface area contributed by atoms with Gasteiger partial charge in [-0.2, -0.15) is 4.94 Å². The number of aliphatic hydroxyl groups excluding tert-OH is 1. The van der Waals surface area contributed by atoms with Gasteiger partial charge in [-0.3, -0.25) is 9.79 Å². The smallest absolute Gasteiger partial charge is 0.255 e. The Balaban J connectivity index is 1.46. The molecule has 0 radical (unpaired) electrons. The highest BCUT2D eigenvalue weighted by Gasteiger charge is 2.23. The number of pyridine rings is 1. The monoisotopic (exact) mass is 521 g/mol. The Morgan fingerprint density at radius 3 is 2.86 bits per heavy atom. The quantitative estimate of drug-likeness (QED) is 0.224. The van der Waals surface area contributed by atoms with Gasteiger partial charge >= 0.3 is 0 Å². The van der Waals surface area contributed by atoms with Crippen molar-refractivity contribution in [3.05, 3.63) is 44.9 Å². The Morgan fingerprint density at radius 2 is 2.26 bits per heavy atom. The molecule has 1 unspecified atom stereocenters. The number of carbonyl (C=O) groups is 1. The van der Waals surface area contributed by atoms with Crippen LogP contribution in [0.3, 0.4) is 0 Å². The molecular weight excluding hydrogens is 489 g/mol. The van der Waals surface area contributed by atoms with Crippen LogP contribution >= 0.6 is 23.1 Å². The van der Waals surface area contributed by atoms with Crippen molar-refractivity contribution in [1.29, 1.82) is 0 Å². The molecule has 1 amide bonds. The first kappa shape index (κ1) is 27.3. The van der Waals surface area contributed by atoms with Gasteiger partial charge in [-0.05, 0) is 74.2 Å². The number of thioether (sulfide) groups is 1. The van der Waals surface area contributed by atoms with Gasteiger partial charge in [-0.15, -0.1) is 23.1 Å². The molecule has 0 spiro atoms. The van der Waals surface area contributed by atoms with Crippen LogP contribution in [0, 0.1) is 12.8 Å². The number of likely N-dealkylation sites (tertiary alicyclic amines) is 1. The van der Waals surface area contributed by atoms with Crippen molar-refractivity contribution in [2.75, 3.05) is 30.9 Å². The van der Waals surface area contributed by atoms with Gasteiger partial charge in [0.1, 0.15) is 16.9 Å². The van der Waals surface area contributed by atoms with E-state index in [0.29, 0.717) is 53.4 Å². The van der Waals surface area contributed by atoms with Crippen LogP contribution in [0.15, 0.2) is 28.7 Å². The minimum Gasteiger partial charge on any atom is -0.386 e. The van der Waals surface area contributed by atoms with E-state index in [-0.39, 0.29) is 12.5 Å². The Labute approximate surface area is 213 Å². The summed E-state index contributed by atoms with van der Waals surface area (Å²) < 4.78 is 11.8. The molecule has 190 valence electrons. The van der Waals surface area contributed by atoms with Crippen molar-refractivity contribution in [3.63, 3.8) is 0 Å². The number of hydrogen-bond donors (Lipinski definition) is 2. The number of aliphatic hydroxyl groups is 1. The standard InChI is InChI=1S/C24H32FN5O3S2/c1-16-22(35-23(29-16)17(2)31)20(26-3)14-34-15-28-21-7-6-19(13-27-21)24(32)30-10-8-18(9-11-30)5-4-12-33-25/h6-7,13-14,17-18,31H,3-5,8-12,15H2,1-2H3,(H,27,28)/b20-14-. The van der Waals surface area contributed by atoms with E-state index >= 15 is 0 Å². The second-order valence-corrected chi connectivity index (χ2v) is 10.3. The third kappa shape index (κ3) is 7.83. The van der Waals surface area contributed by atoms with E-state index in [1.54, 1.807) is 25.3 Å². The number of halogens is 1. The molecule has 3 heterocycles. The maximum atomic E-state index is 12.8. The summed E-state index contributed by atoms with van der Waals surface area (Å²) in [6.45, 7) is 8.79. The van der Waals surface area contributed by atoms with Crippen molar-refractivity contribution < 1.29 is 19.4 Å². The first-order chi connectivity index (χ1) is 16.9. The van der Waals surface area contributed by atoms with Gasteiger partial charge in [0.2, 0.25) is 0 Å². The van der Waals surface area contributed by atoms with E-state index in [9.17, 15) is 14.4 Å². The molecule has 2 aromatic rings. The van der Waals surface area contributed by atoms with E-state index in [1.165, 1.54) is 23.1 Å². The molecule has 1 saturated heterocycles. The third-order valence-electron chi connectivity index (χ3n) is 5.85. The number of carbonyl (C=O) groups excluding carboxylic acids is 1. The number of nitrogens with one attached hydrogen (secondary N) is 1. The number of aromatic nitrogens is 2. The van der Waals surface area contributed by atoms with E-state index in [1.807, 2.05) is 17.2 Å². The van der Waals surface area contributed by atoms with Gasteiger partial charge in [-0.1, -0.05) is 0 Å². The van der Waals surface area contributed by atoms with Crippen molar-refractivity contribution in [1.82, 2.24) is 14.9 Å². The summed E-state index contributed by atoms with van der Waals surface area (Å²) in [4.78, 5) is 32.1. The largest absolute Gasteiger partial charge is 0.386 e. The van der Waals surface area contributed by atoms with E-state index in [2.05, 4.69) is 31.9 Å². The molecule has 1 aliphatic rings. The van der Waals surface area contributed by atoms with Crippen molar-refractivity contribution in [2.45, 2.75) is 45.6 Å². The van der Waals surface area contributed by atoms with Crippen molar-refractivity contribution in [2.24, 2.45) is 10.9 Å². The van der Waals surface area contributed by atoms with Gasteiger partial charge in [0, 0.05) is 19.3 Å². The molecule has 3 rings (SSSR count). The van der Waals surface area contributed by atoms with Gasteiger partial charge in [0.05, 0.1) is 34.3 Å². The van der Waals surface area contributed by atoms with Crippen molar-refractivity contribution in [3.8, 4) is 0 Å². The summed E-state index contributed by atoms with van der Waals surface area (Å²) in [7, 11) is 0. The molecule has 1 fully saturated rings. The molecule has 8 nitrogen and oxygen atoms in total. The summed E-state index contributed by atoms with van der Waals surface area (Å²) in [6, 6.07) is 3.59. The van der Waals surface area contributed by atoms with Crippen LogP contribution in [0.25, 0.3) is 5.70 Å². The number of thiazole rings is 1. The molecule has 0 aromatic carbocycles. The zero-order valence-electron chi connectivity index (χ0n) is 20.1. The average Bonchev–Trinajstić information content (AvgIpc) is 3.26. The highest BCUT2D eigenvalue weighted by molar-refractivity contribution is 8.02. The lowest BCUT2D eigenvalue weighted by Gasteiger charge is -2.32. The lowest BCUT2D eigenvalue weighted by Crippen LogP contribution is -2.38. The minimum absolute atomic E-state index is 0.00917. The number of aryl methyl sites for hydroxylation is 1. The minimum atomic E-state index is -0.616. The third-order valence-corrected chi connectivity index (χ3v) is 7.90. The van der Waals surface area contributed by atoms with Crippen LogP contribution in [0.4, 0.5) is 10.3 Å². The summed E-state index contributed by atoms with van der Waals surface area (Å²) in [5.74, 6) is 1.74. The molecule has 11 heteroatoms. The lowest BCUT2D eigenvalue weighted by atomic mass is 9.92. The van der Waals surface area contributed by atoms with Gasteiger partial charge in [-0.25, -0.2) is 9.97 Å². The Kier molecular flexibility index (Phi) is 10.6. The Morgan fingerprint density at radius 1 is 1.49 bits per heavy atom. The predicted molar refractivity (Wildman–Crippen MR) is 140 cm³/mol. The second-order valence-electron chi connectivity index (χ2n) is 8.41. The Bertz CT molecular complexity index is 1010. The molecule has 2 N–H and O–H groups in total. The van der Waals surface area contributed by atoms with Crippen LogP contribution in [-0.2, 0) is 4.94 Å². The maximum absolute atomic E-state index is 12.8. The topological polar surface area (TPSA) is 99.9 Å². The first-order valence-electron chi connectivity index (χ1n) is 11.6. The fourth-order valence-electron chi connectivity index (χ4n) is 3.89. The van der Waals surface area contributed by atoms with E-state index in [0.717, 1.165) is 29.8 Å². The van der Waals surface area contributed by atoms with E-state index in [4.69, 9.17) is 0 Å². The zero-order valence-corrected chi connectivity index (χ0v) is 21.7. The summed E-state index contributed by atoms with van der Waals surface area (Å²) in [5, 5.41) is 15.5. The summed E-state index contributed by atoms with van der Waals surface area (Å²) in [5.41, 5.74) is 2.10. The lowest BCUT2D eigenvalue weighted by molar-refractivity contribution is -0.133. The SMILES string of the molecule is C=N/C(=C\SCNc1ccc(C(=O)N2CCC(CCCOF)CC2)cn1)c1sc(C(C)O)nc1C. The highest BCUT2D eigenvalue weighted by Crippen LogP contribution is 2.31. The molecular formula is C24H32FN5O3S2. The molecule has 1 atom stereocenters. The molecule has 0 aliphatic carbocycles. The first-order valence-corrected chi connectivity index (χ1v) is 13.5. The van der Waals surface area contributed by atoms with Crippen LogP contribution in [0.5, 0.6) is 0 Å².